The molecule has 1 saturated carbocycles. The third kappa shape index (κ3) is 7.54. The van der Waals surface area contributed by atoms with Crippen molar-refractivity contribution in [3.8, 4) is 0 Å². The number of ether oxygens (including phenoxy) is 1. The minimum Gasteiger partial charge on any atom is -0.444 e. The summed E-state index contributed by atoms with van der Waals surface area (Å²) in [4.78, 5) is 15.9. The van der Waals surface area contributed by atoms with Gasteiger partial charge >= 0.3 is 12.3 Å². The minimum atomic E-state index is -4.35. The highest BCUT2D eigenvalue weighted by molar-refractivity contribution is 5.68. The lowest BCUT2D eigenvalue weighted by molar-refractivity contribution is -0.192. The maximum absolute atomic E-state index is 11.9. The molecule has 2 atom stereocenters. The van der Waals surface area contributed by atoms with E-state index in [-0.39, 0.29) is 12.1 Å². The van der Waals surface area contributed by atoms with Crippen molar-refractivity contribution in [2.45, 2.75) is 63.9 Å². The van der Waals surface area contributed by atoms with Crippen LogP contribution in [-0.4, -0.2) is 36.6 Å². The van der Waals surface area contributed by atoms with Gasteiger partial charge in [-0.15, -0.1) is 0 Å². The molecule has 0 radical (unpaired) electrons. The molecule has 0 aromatic heterocycles. The summed E-state index contributed by atoms with van der Waals surface area (Å²) >= 11 is 0. The van der Waals surface area contributed by atoms with E-state index in [1.807, 2.05) is 0 Å². The lowest BCUT2D eigenvalue weighted by atomic mass is 10.2. The molecule has 20 heavy (non-hydrogen) atoms. The van der Waals surface area contributed by atoms with E-state index in [4.69, 9.17) is 4.74 Å². The first-order valence-electron chi connectivity index (χ1n) is 6.49. The molecule has 1 aliphatic rings. The van der Waals surface area contributed by atoms with Crippen molar-refractivity contribution < 1.29 is 27.5 Å². The number of amides is 1. The molecule has 0 heterocycles. The van der Waals surface area contributed by atoms with Gasteiger partial charge in [-0.2, -0.15) is 18.7 Å². The Labute approximate surface area is 116 Å². The largest absolute Gasteiger partial charge is 0.444 e. The molecular formula is C12H21F3N2O3. The monoisotopic (exact) mass is 298 g/mol. The van der Waals surface area contributed by atoms with E-state index in [0.717, 1.165) is 0 Å². The zero-order valence-electron chi connectivity index (χ0n) is 11.8. The van der Waals surface area contributed by atoms with Crippen LogP contribution in [0.3, 0.4) is 0 Å². The standard InChI is InChI=1S/C12H21F3N2O3/c1-11(2,3)20-10(18)16-8-4-5-9(6-8)17-19-7-12(13,14)15/h8-9,17H,4-7H2,1-3H3,(H,16,18). The number of halogens is 3. The molecule has 0 bridgehead atoms. The molecule has 0 saturated heterocycles. The van der Waals surface area contributed by atoms with Crippen LogP contribution in [0.25, 0.3) is 0 Å². The Bertz CT molecular complexity index is 329. The second-order valence-corrected chi connectivity index (χ2v) is 5.87. The van der Waals surface area contributed by atoms with E-state index in [9.17, 15) is 18.0 Å². The Morgan fingerprint density at radius 3 is 2.35 bits per heavy atom. The highest BCUT2D eigenvalue weighted by Crippen LogP contribution is 2.20. The first kappa shape index (κ1) is 17.0. The highest BCUT2D eigenvalue weighted by atomic mass is 19.4. The summed E-state index contributed by atoms with van der Waals surface area (Å²) in [7, 11) is 0. The van der Waals surface area contributed by atoms with Crippen molar-refractivity contribution >= 4 is 6.09 Å². The van der Waals surface area contributed by atoms with Gasteiger partial charge in [-0.05, 0) is 40.0 Å². The summed E-state index contributed by atoms with van der Waals surface area (Å²) in [5, 5.41) is 2.69. The summed E-state index contributed by atoms with van der Waals surface area (Å²) in [6.07, 6.45) is -3.04. The zero-order chi connectivity index (χ0) is 15.4. The number of rotatable bonds is 4. The van der Waals surface area contributed by atoms with Gasteiger partial charge in [0.1, 0.15) is 5.60 Å². The molecular weight excluding hydrogens is 277 g/mol. The second kappa shape index (κ2) is 6.62. The van der Waals surface area contributed by atoms with E-state index in [1.165, 1.54) is 0 Å². The molecule has 0 aliphatic heterocycles. The molecule has 1 rings (SSSR count). The van der Waals surface area contributed by atoms with Gasteiger partial charge in [0.05, 0.1) is 0 Å². The third-order valence-electron chi connectivity index (χ3n) is 2.64. The smallest absolute Gasteiger partial charge is 0.413 e. The van der Waals surface area contributed by atoms with Gasteiger partial charge in [0.25, 0.3) is 0 Å². The number of hydroxylamine groups is 1. The maximum atomic E-state index is 11.9. The van der Waals surface area contributed by atoms with Crippen molar-refractivity contribution in [3.05, 3.63) is 0 Å². The fourth-order valence-electron chi connectivity index (χ4n) is 1.94. The molecule has 0 spiro atoms. The number of nitrogens with one attached hydrogen (secondary N) is 2. The Kier molecular flexibility index (Phi) is 5.64. The SMILES string of the molecule is CC(C)(C)OC(=O)NC1CCC(NOCC(F)(F)F)C1. The van der Waals surface area contributed by atoms with Gasteiger partial charge in [0, 0.05) is 12.1 Å². The minimum absolute atomic E-state index is 0.114. The fourth-order valence-corrected chi connectivity index (χ4v) is 1.94. The van der Waals surface area contributed by atoms with E-state index in [1.54, 1.807) is 20.8 Å². The number of alkyl halides is 3. The lowest BCUT2D eigenvalue weighted by Crippen LogP contribution is -2.39. The molecule has 2 N–H and O–H groups in total. The van der Waals surface area contributed by atoms with E-state index in [2.05, 4.69) is 15.6 Å². The van der Waals surface area contributed by atoms with Crippen LogP contribution in [0.1, 0.15) is 40.0 Å². The van der Waals surface area contributed by atoms with Gasteiger partial charge in [-0.3, -0.25) is 4.84 Å². The molecule has 0 aromatic rings. The van der Waals surface area contributed by atoms with Crippen LogP contribution < -0.4 is 10.8 Å². The summed E-state index contributed by atoms with van der Waals surface area (Å²) < 4.78 is 40.8. The van der Waals surface area contributed by atoms with Gasteiger partial charge < -0.3 is 10.1 Å². The summed E-state index contributed by atoms with van der Waals surface area (Å²) in [5.41, 5.74) is 1.80. The summed E-state index contributed by atoms with van der Waals surface area (Å²) in [6.45, 7) is 3.96. The number of alkyl carbamates (subject to hydrolysis) is 1. The second-order valence-electron chi connectivity index (χ2n) is 5.87. The average Bonchev–Trinajstić information content (AvgIpc) is 2.60. The quantitative estimate of drug-likeness (QED) is 0.783. The van der Waals surface area contributed by atoms with E-state index >= 15 is 0 Å². The van der Waals surface area contributed by atoms with Gasteiger partial charge in [0.15, 0.2) is 6.61 Å². The van der Waals surface area contributed by atoms with Crippen LogP contribution >= 0.6 is 0 Å². The van der Waals surface area contributed by atoms with Gasteiger partial charge in [-0.25, -0.2) is 4.79 Å². The third-order valence-corrected chi connectivity index (χ3v) is 2.64. The summed E-state index contributed by atoms with van der Waals surface area (Å²) in [5.74, 6) is 0. The maximum Gasteiger partial charge on any atom is 0.413 e. The van der Waals surface area contributed by atoms with Gasteiger partial charge in [-0.1, -0.05) is 0 Å². The number of hydrogen-bond donors (Lipinski definition) is 2. The molecule has 2 unspecified atom stereocenters. The van der Waals surface area contributed by atoms with Crippen LogP contribution in [0, 0.1) is 0 Å². The predicted molar refractivity (Wildman–Crippen MR) is 65.9 cm³/mol. The number of carbonyl (C=O) groups excluding carboxylic acids is 1. The van der Waals surface area contributed by atoms with Crippen LogP contribution in [0.2, 0.25) is 0 Å². The molecule has 1 aliphatic carbocycles. The Morgan fingerprint density at radius 1 is 1.20 bits per heavy atom. The first-order chi connectivity index (χ1) is 9.05. The predicted octanol–water partition coefficient (Wildman–Crippen LogP) is 2.52. The van der Waals surface area contributed by atoms with Crippen molar-refractivity contribution in [2.75, 3.05) is 6.61 Å². The van der Waals surface area contributed by atoms with Crippen molar-refractivity contribution in [2.24, 2.45) is 0 Å². The molecule has 1 amide bonds. The molecule has 5 nitrogen and oxygen atoms in total. The van der Waals surface area contributed by atoms with Gasteiger partial charge in [0.2, 0.25) is 0 Å². The fraction of sp³-hybridized carbons (Fsp3) is 0.917. The van der Waals surface area contributed by atoms with Crippen LogP contribution in [0.15, 0.2) is 0 Å². The molecule has 8 heteroatoms. The van der Waals surface area contributed by atoms with E-state index in [0.29, 0.717) is 19.3 Å². The molecule has 0 aromatic carbocycles. The zero-order valence-corrected chi connectivity index (χ0v) is 11.8. The molecule has 1 fully saturated rings. The first-order valence-corrected chi connectivity index (χ1v) is 6.49. The van der Waals surface area contributed by atoms with Crippen LogP contribution in [0.5, 0.6) is 0 Å². The van der Waals surface area contributed by atoms with Crippen LogP contribution in [-0.2, 0) is 9.57 Å². The van der Waals surface area contributed by atoms with Crippen molar-refractivity contribution in [1.82, 2.24) is 10.8 Å². The topological polar surface area (TPSA) is 59.6 Å². The van der Waals surface area contributed by atoms with Crippen molar-refractivity contribution in [1.29, 1.82) is 0 Å². The number of carbonyl (C=O) groups is 1. The van der Waals surface area contributed by atoms with Crippen molar-refractivity contribution in [3.63, 3.8) is 0 Å². The Hall–Kier alpha value is -1.02. The van der Waals surface area contributed by atoms with E-state index < -0.39 is 24.5 Å². The number of hydrogen-bond acceptors (Lipinski definition) is 4. The summed E-state index contributed by atoms with van der Waals surface area (Å²) in [6, 6.07) is -0.311. The van der Waals surface area contributed by atoms with Crippen LogP contribution in [0.4, 0.5) is 18.0 Å². The highest BCUT2D eigenvalue weighted by Gasteiger charge is 2.31. The normalized spacial score (nSPS) is 23.7. The average molecular weight is 298 g/mol. The Morgan fingerprint density at radius 2 is 1.80 bits per heavy atom. The molecule has 118 valence electrons. The lowest BCUT2D eigenvalue weighted by Gasteiger charge is -2.21. The Balaban J connectivity index is 2.21.